The van der Waals surface area contributed by atoms with Crippen molar-refractivity contribution in [1.29, 1.82) is 0 Å². The Morgan fingerprint density at radius 3 is 2.19 bits per heavy atom. The normalized spacial score (nSPS) is 12.6. The third kappa shape index (κ3) is 6.16. The first-order chi connectivity index (χ1) is 9.75. The average Bonchev–Trinajstić information content (AvgIpc) is 2.37. The number of hydrogen-bond acceptors (Lipinski definition) is 3. The molecule has 0 aliphatic rings. The van der Waals surface area contributed by atoms with E-state index in [-0.39, 0.29) is 12.4 Å². The maximum atomic E-state index is 12.2. The summed E-state index contributed by atoms with van der Waals surface area (Å²) >= 11 is 0. The van der Waals surface area contributed by atoms with E-state index in [1.807, 2.05) is 0 Å². The summed E-state index contributed by atoms with van der Waals surface area (Å²) in [7, 11) is -3.35. The fourth-order valence-electron chi connectivity index (χ4n) is 2.55. The van der Waals surface area contributed by atoms with Crippen LogP contribution in [0.15, 0.2) is 24.3 Å². The van der Waals surface area contributed by atoms with Gasteiger partial charge in [-0.05, 0) is 28.9 Å². The molecule has 0 unspecified atom stereocenters. The van der Waals surface area contributed by atoms with Crippen LogP contribution in [0.1, 0.15) is 38.8 Å². The summed E-state index contributed by atoms with van der Waals surface area (Å²) in [5.74, 6) is 1.14. The first kappa shape index (κ1) is 18.1. The third-order valence-corrected chi connectivity index (χ3v) is 5.10. The molecule has 0 aliphatic carbocycles. The molecular weight excluding hydrogens is 286 g/mol. The van der Waals surface area contributed by atoms with Crippen LogP contribution in [0, 0.1) is 17.8 Å². The number of aliphatic hydroxyl groups is 1. The van der Waals surface area contributed by atoms with E-state index in [4.69, 9.17) is 5.11 Å². The van der Waals surface area contributed by atoms with Crippen molar-refractivity contribution in [2.45, 2.75) is 40.1 Å². The van der Waals surface area contributed by atoms with Crippen LogP contribution in [0.2, 0.25) is 0 Å². The lowest BCUT2D eigenvalue weighted by molar-refractivity contribution is 0.281. The Kier molecular flexibility index (Phi) is 6.84. The second-order valence-electron chi connectivity index (χ2n) is 6.24. The van der Waals surface area contributed by atoms with E-state index in [1.165, 1.54) is 0 Å². The predicted octanol–water partition coefficient (Wildman–Crippen LogP) is 2.53. The summed E-state index contributed by atoms with van der Waals surface area (Å²) in [6, 6.07) is 7.03. The van der Waals surface area contributed by atoms with Crippen molar-refractivity contribution in [2.75, 3.05) is 6.54 Å². The molecule has 0 saturated carbocycles. The zero-order valence-corrected chi connectivity index (χ0v) is 14.2. The minimum Gasteiger partial charge on any atom is -0.392 e. The van der Waals surface area contributed by atoms with E-state index in [0.717, 1.165) is 5.56 Å². The molecule has 0 spiro atoms. The lowest BCUT2D eigenvalue weighted by Gasteiger charge is -2.25. The second-order valence-corrected chi connectivity index (χ2v) is 8.04. The highest BCUT2D eigenvalue weighted by Gasteiger charge is 2.20. The van der Waals surface area contributed by atoms with Crippen LogP contribution >= 0.6 is 0 Å². The predicted molar refractivity (Wildman–Crippen MR) is 86.2 cm³/mol. The van der Waals surface area contributed by atoms with Crippen LogP contribution < -0.4 is 4.72 Å². The van der Waals surface area contributed by atoms with E-state index in [0.29, 0.717) is 29.9 Å². The van der Waals surface area contributed by atoms with Crippen LogP contribution in [-0.2, 0) is 22.4 Å². The van der Waals surface area contributed by atoms with Gasteiger partial charge in [0.05, 0.1) is 12.4 Å². The molecule has 120 valence electrons. The van der Waals surface area contributed by atoms with Gasteiger partial charge in [-0.1, -0.05) is 52.0 Å². The average molecular weight is 313 g/mol. The maximum absolute atomic E-state index is 12.2. The van der Waals surface area contributed by atoms with Gasteiger partial charge < -0.3 is 5.11 Å². The molecule has 1 rings (SSSR count). The van der Waals surface area contributed by atoms with E-state index in [9.17, 15) is 8.42 Å². The van der Waals surface area contributed by atoms with Crippen molar-refractivity contribution in [2.24, 2.45) is 17.8 Å². The van der Waals surface area contributed by atoms with Crippen molar-refractivity contribution in [3.8, 4) is 0 Å². The second kappa shape index (κ2) is 7.92. The SMILES string of the molecule is CC(C)C(CNS(=O)(=O)Cc1cccc(CO)c1)C(C)C. The summed E-state index contributed by atoms with van der Waals surface area (Å²) in [4.78, 5) is 0. The Morgan fingerprint density at radius 2 is 1.67 bits per heavy atom. The summed E-state index contributed by atoms with van der Waals surface area (Å²) in [6.07, 6.45) is 0. The largest absolute Gasteiger partial charge is 0.392 e. The number of rotatable bonds is 8. The highest BCUT2D eigenvalue weighted by Crippen LogP contribution is 2.20. The molecule has 0 aliphatic heterocycles. The van der Waals surface area contributed by atoms with Crippen LogP contribution in [-0.4, -0.2) is 20.1 Å². The first-order valence-electron chi connectivity index (χ1n) is 7.41. The summed E-state index contributed by atoms with van der Waals surface area (Å²) in [6.45, 7) is 8.85. The summed E-state index contributed by atoms with van der Waals surface area (Å²) < 4.78 is 27.1. The molecule has 0 fully saturated rings. The molecule has 0 amide bonds. The summed E-state index contributed by atoms with van der Waals surface area (Å²) in [5.41, 5.74) is 1.42. The molecule has 5 heteroatoms. The van der Waals surface area contributed by atoms with Crippen LogP contribution in [0.5, 0.6) is 0 Å². The quantitative estimate of drug-likeness (QED) is 0.775. The molecule has 0 radical (unpaired) electrons. The Labute approximate surface area is 128 Å². The minimum absolute atomic E-state index is 0.0518. The molecule has 0 saturated heterocycles. The van der Waals surface area contributed by atoms with Gasteiger partial charge in [-0.15, -0.1) is 0 Å². The fourth-order valence-corrected chi connectivity index (χ4v) is 3.72. The molecule has 1 aromatic carbocycles. The van der Waals surface area contributed by atoms with Crippen LogP contribution in [0.3, 0.4) is 0 Å². The molecule has 1 aromatic rings. The number of sulfonamides is 1. The number of benzene rings is 1. The minimum atomic E-state index is -3.35. The number of nitrogens with one attached hydrogen (secondary N) is 1. The molecule has 21 heavy (non-hydrogen) atoms. The topological polar surface area (TPSA) is 66.4 Å². The lowest BCUT2D eigenvalue weighted by atomic mass is 9.86. The van der Waals surface area contributed by atoms with Gasteiger partial charge in [0.2, 0.25) is 10.0 Å². The van der Waals surface area contributed by atoms with Crippen molar-refractivity contribution >= 4 is 10.0 Å². The zero-order valence-electron chi connectivity index (χ0n) is 13.3. The maximum Gasteiger partial charge on any atom is 0.215 e. The standard InChI is InChI=1S/C16H27NO3S/c1-12(2)16(13(3)4)9-17-21(19,20)11-15-7-5-6-14(8-15)10-18/h5-8,12-13,16-18H,9-11H2,1-4H3. The van der Waals surface area contributed by atoms with E-state index in [2.05, 4.69) is 32.4 Å². The van der Waals surface area contributed by atoms with Gasteiger partial charge >= 0.3 is 0 Å². The van der Waals surface area contributed by atoms with Gasteiger partial charge in [-0.3, -0.25) is 0 Å². The molecule has 2 N–H and O–H groups in total. The van der Waals surface area contributed by atoms with Gasteiger partial charge in [-0.2, -0.15) is 0 Å². The van der Waals surface area contributed by atoms with Gasteiger partial charge in [0.15, 0.2) is 0 Å². The molecule has 0 aromatic heterocycles. The van der Waals surface area contributed by atoms with Gasteiger partial charge in [-0.25, -0.2) is 13.1 Å². The Bertz CT molecular complexity index is 530. The highest BCUT2D eigenvalue weighted by atomic mass is 32.2. The number of hydrogen-bond donors (Lipinski definition) is 2. The molecule has 0 atom stereocenters. The molecule has 0 heterocycles. The van der Waals surface area contributed by atoms with Crippen LogP contribution in [0.25, 0.3) is 0 Å². The first-order valence-corrected chi connectivity index (χ1v) is 9.06. The third-order valence-electron chi connectivity index (χ3n) is 3.78. The van der Waals surface area contributed by atoms with Crippen molar-refractivity contribution in [1.82, 2.24) is 4.72 Å². The van der Waals surface area contributed by atoms with E-state index >= 15 is 0 Å². The van der Waals surface area contributed by atoms with Crippen molar-refractivity contribution in [3.63, 3.8) is 0 Å². The molecule has 4 nitrogen and oxygen atoms in total. The number of aliphatic hydroxyl groups excluding tert-OH is 1. The molecular formula is C16H27NO3S. The summed E-state index contributed by atoms with van der Waals surface area (Å²) in [5, 5.41) is 9.09. The Morgan fingerprint density at radius 1 is 1.10 bits per heavy atom. The zero-order chi connectivity index (χ0) is 16.0. The van der Waals surface area contributed by atoms with E-state index in [1.54, 1.807) is 24.3 Å². The van der Waals surface area contributed by atoms with Crippen LogP contribution in [0.4, 0.5) is 0 Å². The smallest absolute Gasteiger partial charge is 0.215 e. The van der Waals surface area contributed by atoms with Crippen molar-refractivity contribution < 1.29 is 13.5 Å². The lowest BCUT2D eigenvalue weighted by Crippen LogP contribution is -2.34. The van der Waals surface area contributed by atoms with E-state index < -0.39 is 10.0 Å². The highest BCUT2D eigenvalue weighted by molar-refractivity contribution is 7.88. The van der Waals surface area contributed by atoms with Crippen molar-refractivity contribution in [3.05, 3.63) is 35.4 Å². The Balaban J connectivity index is 2.69. The Hall–Kier alpha value is -0.910. The van der Waals surface area contributed by atoms with Gasteiger partial charge in [0.1, 0.15) is 0 Å². The van der Waals surface area contributed by atoms with Gasteiger partial charge in [0.25, 0.3) is 0 Å². The van der Waals surface area contributed by atoms with Gasteiger partial charge in [0, 0.05) is 6.54 Å². The monoisotopic (exact) mass is 313 g/mol. The fraction of sp³-hybridized carbons (Fsp3) is 0.625. The molecule has 0 bridgehead atoms.